The lowest BCUT2D eigenvalue weighted by Crippen LogP contribution is -2.43. The van der Waals surface area contributed by atoms with Gasteiger partial charge in [-0.05, 0) is 18.4 Å². The van der Waals surface area contributed by atoms with Crippen molar-refractivity contribution in [3.63, 3.8) is 0 Å². The van der Waals surface area contributed by atoms with Gasteiger partial charge in [-0.25, -0.2) is 9.89 Å². The van der Waals surface area contributed by atoms with Gasteiger partial charge in [0.15, 0.2) is 0 Å². The van der Waals surface area contributed by atoms with Crippen LogP contribution in [0.25, 0.3) is 10.8 Å². The van der Waals surface area contributed by atoms with Gasteiger partial charge in [0.1, 0.15) is 6.04 Å². The number of hydrogen-bond acceptors (Lipinski definition) is 5. The third-order valence-electron chi connectivity index (χ3n) is 3.63. The molecule has 0 aliphatic rings. The fourth-order valence-electron chi connectivity index (χ4n) is 2.53. The van der Waals surface area contributed by atoms with Crippen LogP contribution >= 0.6 is 0 Å². The summed E-state index contributed by atoms with van der Waals surface area (Å²) in [6, 6.07) is 6.24. The van der Waals surface area contributed by atoms with Gasteiger partial charge in [0.2, 0.25) is 5.91 Å². The molecule has 2 N–H and O–H groups in total. The minimum absolute atomic E-state index is 0.0388. The second-order valence-electron chi connectivity index (χ2n) is 5.99. The van der Waals surface area contributed by atoms with E-state index < -0.39 is 12.0 Å². The zero-order chi connectivity index (χ0) is 17.7. The summed E-state index contributed by atoms with van der Waals surface area (Å²) in [5.74, 6) is -0.603. The summed E-state index contributed by atoms with van der Waals surface area (Å²) in [6.45, 7) is 3.91. The van der Waals surface area contributed by atoms with Crippen LogP contribution in [0.2, 0.25) is 0 Å². The van der Waals surface area contributed by atoms with Crippen LogP contribution in [0.15, 0.2) is 29.1 Å². The van der Waals surface area contributed by atoms with E-state index in [9.17, 15) is 14.4 Å². The number of benzene rings is 1. The Labute approximate surface area is 139 Å². The van der Waals surface area contributed by atoms with Crippen molar-refractivity contribution in [2.75, 3.05) is 7.11 Å². The van der Waals surface area contributed by atoms with Crippen LogP contribution in [0.3, 0.4) is 0 Å². The van der Waals surface area contributed by atoms with Crippen molar-refractivity contribution in [2.45, 2.75) is 32.7 Å². The van der Waals surface area contributed by atoms with E-state index in [2.05, 4.69) is 15.5 Å². The highest BCUT2D eigenvalue weighted by Gasteiger charge is 2.23. The summed E-state index contributed by atoms with van der Waals surface area (Å²) >= 11 is 0. The second-order valence-corrected chi connectivity index (χ2v) is 5.99. The number of hydrogen-bond donors (Lipinski definition) is 2. The Hall–Kier alpha value is -2.70. The molecule has 24 heavy (non-hydrogen) atoms. The molecule has 1 heterocycles. The van der Waals surface area contributed by atoms with Gasteiger partial charge < -0.3 is 10.1 Å². The minimum Gasteiger partial charge on any atom is -0.467 e. The molecule has 0 saturated carbocycles. The number of H-pyrrole nitrogens is 1. The van der Waals surface area contributed by atoms with Crippen molar-refractivity contribution in [2.24, 2.45) is 5.92 Å². The number of nitrogens with zero attached hydrogens (tertiary/aromatic N) is 1. The molecule has 1 atom stereocenters. The number of carbonyl (C=O) groups excluding carboxylic acids is 2. The quantitative estimate of drug-likeness (QED) is 0.774. The third kappa shape index (κ3) is 4.18. The number of aromatic amines is 1. The fraction of sp³-hybridized carbons (Fsp3) is 0.412. The van der Waals surface area contributed by atoms with Crippen molar-refractivity contribution in [3.8, 4) is 0 Å². The standard InChI is InChI=1S/C17H21N3O4/c1-10(2)8-14(17(23)24-3)18-15(21)9-13-11-6-4-5-7-12(11)16(22)20-19-13/h4-7,10,14H,8-9H2,1-3H3,(H,18,21)(H,20,22)/t14-/m0/s1. The molecule has 7 heteroatoms. The van der Waals surface area contributed by atoms with Crippen LogP contribution < -0.4 is 10.9 Å². The highest BCUT2D eigenvalue weighted by molar-refractivity contribution is 5.90. The van der Waals surface area contributed by atoms with E-state index in [1.54, 1.807) is 24.3 Å². The van der Waals surface area contributed by atoms with Gasteiger partial charge in [-0.1, -0.05) is 32.0 Å². The van der Waals surface area contributed by atoms with E-state index in [4.69, 9.17) is 4.74 Å². The average molecular weight is 331 g/mol. The van der Waals surface area contributed by atoms with E-state index in [1.807, 2.05) is 13.8 Å². The van der Waals surface area contributed by atoms with Crippen LogP contribution in [0.5, 0.6) is 0 Å². The summed E-state index contributed by atoms with van der Waals surface area (Å²) in [4.78, 5) is 35.9. The number of aromatic nitrogens is 2. The lowest BCUT2D eigenvalue weighted by molar-refractivity contribution is -0.145. The number of carbonyl (C=O) groups is 2. The molecule has 7 nitrogen and oxygen atoms in total. The van der Waals surface area contributed by atoms with Crippen molar-refractivity contribution in [3.05, 3.63) is 40.3 Å². The van der Waals surface area contributed by atoms with Crippen molar-refractivity contribution >= 4 is 22.6 Å². The first kappa shape index (κ1) is 17.7. The maximum absolute atomic E-state index is 12.3. The number of fused-ring (bicyclic) bond motifs is 1. The third-order valence-corrected chi connectivity index (χ3v) is 3.63. The topological polar surface area (TPSA) is 101 Å². The van der Waals surface area contributed by atoms with Gasteiger partial charge in [0.05, 0.1) is 24.6 Å². The SMILES string of the molecule is COC(=O)[C@H](CC(C)C)NC(=O)Cc1n[nH]c(=O)c2ccccc12. The Balaban J connectivity index is 2.19. The molecular weight excluding hydrogens is 310 g/mol. The first-order chi connectivity index (χ1) is 11.4. The molecule has 1 aromatic heterocycles. The Bertz CT molecular complexity index is 798. The largest absolute Gasteiger partial charge is 0.467 e. The smallest absolute Gasteiger partial charge is 0.328 e. The molecule has 2 aromatic rings. The molecule has 0 saturated heterocycles. The van der Waals surface area contributed by atoms with Crippen LogP contribution in [0.4, 0.5) is 0 Å². The van der Waals surface area contributed by atoms with Crippen LogP contribution in [0, 0.1) is 5.92 Å². The van der Waals surface area contributed by atoms with Gasteiger partial charge in [-0.2, -0.15) is 5.10 Å². The lowest BCUT2D eigenvalue weighted by atomic mass is 10.0. The van der Waals surface area contributed by atoms with Gasteiger partial charge in [-0.15, -0.1) is 0 Å². The van der Waals surface area contributed by atoms with E-state index in [0.717, 1.165) is 0 Å². The Morgan fingerprint density at radius 3 is 2.54 bits per heavy atom. The molecule has 0 aliphatic heterocycles. The first-order valence-electron chi connectivity index (χ1n) is 7.75. The predicted molar refractivity (Wildman–Crippen MR) is 89.5 cm³/mol. The monoisotopic (exact) mass is 331 g/mol. The highest BCUT2D eigenvalue weighted by Crippen LogP contribution is 2.13. The van der Waals surface area contributed by atoms with Crippen molar-refractivity contribution in [1.29, 1.82) is 0 Å². The molecule has 128 valence electrons. The molecule has 0 unspecified atom stereocenters. The Morgan fingerprint density at radius 2 is 1.92 bits per heavy atom. The van der Waals surface area contributed by atoms with E-state index >= 15 is 0 Å². The molecule has 1 amide bonds. The Morgan fingerprint density at radius 1 is 1.25 bits per heavy atom. The van der Waals surface area contributed by atoms with Crippen LogP contribution in [-0.4, -0.2) is 35.2 Å². The normalized spacial score (nSPS) is 12.2. The number of ether oxygens (including phenoxy) is 1. The Kier molecular flexibility index (Phi) is 5.68. The summed E-state index contributed by atoms with van der Waals surface area (Å²) < 4.78 is 4.73. The predicted octanol–water partition coefficient (Wildman–Crippen LogP) is 1.17. The number of rotatable bonds is 6. The molecular formula is C17H21N3O4. The zero-order valence-corrected chi connectivity index (χ0v) is 14.0. The molecule has 0 spiro atoms. The van der Waals surface area contributed by atoms with Gasteiger partial charge in [0, 0.05) is 5.39 Å². The molecule has 0 aliphatic carbocycles. The summed E-state index contributed by atoms with van der Waals surface area (Å²) in [5.41, 5.74) is 0.151. The van der Waals surface area contributed by atoms with Gasteiger partial charge in [-0.3, -0.25) is 9.59 Å². The summed E-state index contributed by atoms with van der Waals surface area (Å²) in [5, 5.41) is 10.1. The number of nitrogens with one attached hydrogen (secondary N) is 2. The second kappa shape index (κ2) is 7.72. The molecule has 0 radical (unpaired) electrons. The summed E-state index contributed by atoms with van der Waals surface area (Å²) in [6.07, 6.45) is 0.446. The van der Waals surface area contributed by atoms with Crippen LogP contribution in [-0.2, 0) is 20.7 Å². The molecule has 2 rings (SSSR count). The number of methoxy groups -OCH3 is 1. The number of amides is 1. The maximum Gasteiger partial charge on any atom is 0.328 e. The van der Waals surface area contributed by atoms with E-state index in [0.29, 0.717) is 22.9 Å². The van der Waals surface area contributed by atoms with Crippen LogP contribution in [0.1, 0.15) is 26.0 Å². The van der Waals surface area contributed by atoms with Gasteiger partial charge in [0.25, 0.3) is 5.56 Å². The zero-order valence-electron chi connectivity index (χ0n) is 14.0. The minimum atomic E-state index is -0.698. The fourth-order valence-corrected chi connectivity index (χ4v) is 2.53. The van der Waals surface area contributed by atoms with Gasteiger partial charge >= 0.3 is 5.97 Å². The molecule has 0 fully saturated rings. The van der Waals surface area contributed by atoms with Crippen molar-refractivity contribution in [1.82, 2.24) is 15.5 Å². The molecule has 1 aromatic carbocycles. The highest BCUT2D eigenvalue weighted by atomic mass is 16.5. The summed E-state index contributed by atoms with van der Waals surface area (Å²) in [7, 11) is 1.29. The average Bonchev–Trinajstić information content (AvgIpc) is 2.56. The van der Waals surface area contributed by atoms with E-state index in [1.165, 1.54) is 7.11 Å². The first-order valence-corrected chi connectivity index (χ1v) is 7.75. The maximum atomic E-state index is 12.3. The lowest BCUT2D eigenvalue weighted by Gasteiger charge is -2.18. The molecule has 0 bridgehead atoms. The number of esters is 1. The van der Waals surface area contributed by atoms with E-state index in [-0.39, 0.29) is 23.8 Å². The van der Waals surface area contributed by atoms with Crippen molar-refractivity contribution < 1.29 is 14.3 Å².